The second-order valence-electron chi connectivity index (χ2n) is 11.1. The minimum atomic E-state index is -0.201. The number of fused-ring (bicyclic) bond motifs is 2. The van der Waals surface area contributed by atoms with E-state index in [0.29, 0.717) is 42.8 Å². The Morgan fingerprint density at radius 1 is 1.05 bits per heavy atom. The number of nitrogens with one attached hydrogen (secondary N) is 1. The van der Waals surface area contributed by atoms with Gasteiger partial charge in [0.25, 0.3) is 5.91 Å². The number of nitrogens with zero attached hydrogens (tertiary/aromatic N) is 4. The van der Waals surface area contributed by atoms with Crippen LogP contribution >= 0.6 is 0 Å². The van der Waals surface area contributed by atoms with Crippen molar-refractivity contribution in [1.82, 2.24) is 15.3 Å². The summed E-state index contributed by atoms with van der Waals surface area (Å²) in [5.41, 5.74) is 3.72. The summed E-state index contributed by atoms with van der Waals surface area (Å²) < 4.78 is 25.0. The molecule has 0 radical (unpaired) electrons. The van der Waals surface area contributed by atoms with Crippen LogP contribution in [0.15, 0.2) is 42.6 Å². The summed E-state index contributed by atoms with van der Waals surface area (Å²) in [6, 6.07) is 11.1. The summed E-state index contributed by atoms with van der Waals surface area (Å²) in [7, 11) is 1.61. The maximum atomic E-state index is 14.2. The van der Waals surface area contributed by atoms with E-state index in [1.807, 2.05) is 31.2 Å². The van der Waals surface area contributed by atoms with Gasteiger partial charge >= 0.3 is 0 Å². The van der Waals surface area contributed by atoms with Gasteiger partial charge in [0.1, 0.15) is 17.4 Å². The average Bonchev–Trinajstić information content (AvgIpc) is 3.59. The molecular weight excluding hydrogens is 525 g/mol. The van der Waals surface area contributed by atoms with Gasteiger partial charge in [-0.05, 0) is 92.1 Å². The lowest BCUT2D eigenvalue weighted by molar-refractivity contribution is -0.121. The highest BCUT2D eigenvalue weighted by molar-refractivity contribution is 5.98. The molecule has 214 valence electrons. The van der Waals surface area contributed by atoms with E-state index in [1.54, 1.807) is 29.0 Å². The Morgan fingerprint density at radius 2 is 1.85 bits per heavy atom. The number of halogens is 1. The fraction of sp³-hybridized carbons (Fsp3) is 0.419. The topological polar surface area (TPSA) is 96.9 Å². The van der Waals surface area contributed by atoms with E-state index in [-0.39, 0.29) is 30.2 Å². The number of carbonyl (C=O) groups excluding carboxylic acids is 2. The Labute approximate surface area is 238 Å². The Balaban J connectivity index is 1.05. The number of hydrogen-bond acceptors (Lipinski definition) is 7. The molecule has 1 aliphatic carbocycles. The minimum absolute atomic E-state index is 0.0249. The van der Waals surface area contributed by atoms with Crippen molar-refractivity contribution in [2.75, 3.05) is 43.2 Å². The Hall–Kier alpha value is -4.05. The quantitative estimate of drug-likeness (QED) is 0.400. The molecule has 2 atom stereocenters. The third-order valence-corrected chi connectivity index (χ3v) is 8.32. The molecule has 0 spiro atoms. The molecule has 2 unspecified atom stereocenters. The summed E-state index contributed by atoms with van der Waals surface area (Å²) >= 11 is 0. The van der Waals surface area contributed by atoms with Crippen molar-refractivity contribution in [2.24, 2.45) is 11.8 Å². The van der Waals surface area contributed by atoms with Crippen LogP contribution in [0.5, 0.6) is 11.5 Å². The van der Waals surface area contributed by atoms with Crippen LogP contribution in [0.1, 0.15) is 35.2 Å². The average molecular weight is 560 g/mol. The third kappa shape index (κ3) is 5.61. The van der Waals surface area contributed by atoms with Crippen LogP contribution < -0.4 is 24.6 Å². The van der Waals surface area contributed by atoms with E-state index in [1.165, 1.54) is 6.20 Å². The predicted molar refractivity (Wildman–Crippen MR) is 152 cm³/mol. The number of carbonyl (C=O) groups is 2. The smallest absolute Gasteiger partial charge is 0.266 e. The van der Waals surface area contributed by atoms with E-state index in [9.17, 15) is 14.0 Å². The molecule has 10 heteroatoms. The van der Waals surface area contributed by atoms with Crippen LogP contribution in [-0.4, -0.2) is 55.1 Å². The molecule has 9 nitrogen and oxygen atoms in total. The molecule has 0 saturated carbocycles. The lowest BCUT2D eigenvalue weighted by atomic mass is 10.0. The molecule has 1 N–H and O–H groups in total. The number of hydrogen-bond donors (Lipinski definition) is 1. The summed E-state index contributed by atoms with van der Waals surface area (Å²) in [5, 5.41) is 3.52. The van der Waals surface area contributed by atoms with E-state index >= 15 is 0 Å². The van der Waals surface area contributed by atoms with E-state index < -0.39 is 0 Å². The minimum Gasteiger partial charge on any atom is -0.497 e. The zero-order valence-electron chi connectivity index (χ0n) is 23.4. The molecule has 2 aromatic heterocycles. The molecule has 2 aliphatic heterocycles. The summed E-state index contributed by atoms with van der Waals surface area (Å²) in [6.45, 7) is 4.39. The maximum Gasteiger partial charge on any atom is 0.266 e. The second kappa shape index (κ2) is 11.4. The summed E-state index contributed by atoms with van der Waals surface area (Å²) in [5.74, 6) is 2.41. The van der Waals surface area contributed by atoms with Crippen LogP contribution in [0.4, 0.5) is 16.0 Å². The Morgan fingerprint density at radius 3 is 2.63 bits per heavy atom. The molecule has 4 heterocycles. The van der Waals surface area contributed by atoms with E-state index in [4.69, 9.17) is 14.5 Å². The standard InChI is InChI=1S/C31H34FN5O4/c1-19-24-11-22(12-25(24)26(32)15-34-19)14-33-10-9-21-13-29(38)36(17-21)28-8-7-27-31(35-28)37(30(39)18-41-27)16-20-3-5-23(40-2)6-4-20/h3-8,15,21-22,33H,9-14,16-18H2,1-2H3. The zero-order chi connectivity index (χ0) is 28.5. The molecule has 0 bridgehead atoms. The number of methoxy groups -OCH3 is 1. The predicted octanol–water partition coefficient (Wildman–Crippen LogP) is 3.61. The molecular formula is C31H34FN5O4. The van der Waals surface area contributed by atoms with Crippen molar-refractivity contribution in [2.45, 2.75) is 39.2 Å². The summed E-state index contributed by atoms with van der Waals surface area (Å²) in [6.07, 6.45) is 4.22. The fourth-order valence-corrected chi connectivity index (χ4v) is 6.06. The highest BCUT2D eigenvalue weighted by atomic mass is 19.1. The highest BCUT2D eigenvalue weighted by Gasteiger charge is 2.34. The first-order valence-electron chi connectivity index (χ1n) is 14.1. The molecule has 6 rings (SSSR count). The molecule has 3 aromatic rings. The molecule has 1 saturated heterocycles. The fourth-order valence-electron chi connectivity index (χ4n) is 6.06. The molecule has 2 amide bonds. The van der Waals surface area contributed by atoms with Gasteiger partial charge in [0.15, 0.2) is 18.2 Å². The zero-order valence-corrected chi connectivity index (χ0v) is 23.4. The van der Waals surface area contributed by atoms with Crippen molar-refractivity contribution in [3.8, 4) is 11.5 Å². The van der Waals surface area contributed by atoms with Crippen LogP contribution in [0.2, 0.25) is 0 Å². The lowest BCUT2D eigenvalue weighted by Gasteiger charge is -2.29. The van der Waals surface area contributed by atoms with Gasteiger partial charge in [0, 0.05) is 18.7 Å². The van der Waals surface area contributed by atoms with Crippen molar-refractivity contribution in [3.63, 3.8) is 0 Å². The van der Waals surface area contributed by atoms with Crippen LogP contribution in [-0.2, 0) is 29.0 Å². The molecule has 1 aromatic carbocycles. The number of rotatable bonds is 9. The summed E-state index contributed by atoms with van der Waals surface area (Å²) in [4.78, 5) is 38.0. The van der Waals surface area contributed by atoms with Crippen molar-refractivity contribution >= 4 is 23.5 Å². The molecule has 1 fully saturated rings. The van der Waals surface area contributed by atoms with Gasteiger partial charge in [-0.3, -0.25) is 24.4 Å². The molecule has 41 heavy (non-hydrogen) atoms. The lowest BCUT2D eigenvalue weighted by Crippen LogP contribution is -2.39. The highest BCUT2D eigenvalue weighted by Crippen LogP contribution is 2.35. The second-order valence-corrected chi connectivity index (χ2v) is 11.1. The van der Waals surface area contributed by atoms with Crippen LogP contribution in [0.3, 0.4) is 0 Å². The van der Waals surface area contributed by atoms with Gasteiger partial charge in [-0.2, -0.15) is 0 Å². The van der Waals surface area contributed by atoms with Gasteiger partial charge in [-0.15, -0.1) is 0 Å². The van der Waals surface area contributed by atoms with Crippen LogP contribution in [0.25, 0.3) is 0 Å². The van der Waals surface area contributed by atoms with Gasteiger partial charge in [-0.1, -0.05) is 12.1 Å². The van der Waals surface area contributed by atoms with E-state index in [2.05, 4.69) is 10.3 Å². The number of amides is 2. The maximum absolute atomic E-state index is 14.2. The normalized spacial score (nSPS) is 19.8. The van der Waals surface area contributed by atoms with Gasteiger partial charge < -0.3 is 14.8 Å². The number of aromatic nitrogens is 2. The Bertz CT molecular complexity index is 1430. The Kier molecular flexibility index (Phi) is 7.57. The van der Waals surface area contributed by atoms with Crippen molar-refractivity contribution < 1.29 is 23.5 Å². The first-order valence-corrected chi connectivity index (χ1v) is 14.1. The van der Waals surface area contributed by atoms with Crippen LogP contribution in [0, 0.1) is 24.6 Å². The van der Waals surface area contributed by atoms with Crippen molar-refractivity contribution in [1.29, 1.82) is 0 Å². The van der Waals surface area contributed by atoms with E-state index in [0.717, 1.165) is 60.5 Å². The van der Waals surface area contributed by atoms with Crippen molar-refractivity contribution in [3.05, 3.63) is 70.8 Å². The van der Waals surface area contributed by atoms with Gasteiger partial charge in [-0.25, -0.2) is 9.37 Å². The largest absolute Gasteiger partial charge is 0.497 e. The number of pyridine rings is 2. The van der Waals surface area contributed by atoms with Gasteiger partial charge in [0.05, 0.1) is 19.9 Å². The number of anilines is 2. The van der Waals surface area contributed by atoms with Gasteiger partial charge in [0.2, 0.25) is 5.91 Å². The third-order valence-electron chi connectivity index (χ3n) is 8.32. The molecule has 3 aliphatic rings. The first-order chi connectivity index (χ1) is 19.9. The number of benzene rings is 1. The monoisotopic (exact) mass is 559 g/mol. The first kappa shape index (κ1) is 27.1. The number of ether oxygens (including phenoxy) is 2. The number of aryl methyl sites for hydroxylation is 1. The SMILES string of the molecule is COc1ccc(CN2C(=O)COc3ccc(N4CC(CCNCC5Cc6c(F)cnc(C)c6C5)CC4=O)nc32)cc1.